The van der Waals surface area contributed by atoms with E-state index in [4.69, 9.17) is 9.47 Å². The highest BCUT2D eigenvalue weighted by Crippen LogP contribution is 2.19. The Bertz CT molecular complexity index is 231. The van der Waals surface area contributed by atoms with Crippen molar-refractivity contribution in [3.8, 4) is 0 Å². The molecule has 4 nitrogen and oxygen atoms in total. The summed E-state index contributed by atoms with van der Waals surface area (Å²) in [5, 5.41) is 0. The Kier molecular flexibility index (Phi) is 6.52. The third kappa shape index (κ3) is 5.50. The number of piperidine rings is 1. The van der Waals surface area contributed by atoms with E-state index in [1.54, 1.807) is 0 Å². The number of ether oxygens (including phenoxy) is 2. The molecule has 0 N–H and O–H groups in total. The van der Waals surface area contributed by atoms with E-state index < -0.39 is 0 Å². The first kappa shape index (κ1) is 14.5. The predicted octanol–water partition coefficient (Wildman–Crippen LogP) is 1.83. The molecule has 1 unspecified atom stereocenters. The van der Waals surface area contributed by atoms with Crippen LogP contribution >= 0.6 is 0 Å². The van der Waals surface area contributed by atoms with Gasteiger partial charge in [0.25, 0.3) is 0 Å². The Hall–Kier alpha value is -0.610. The Morgan fingerprint density at radius 2 is 2.18 bits per heavy atom. The van der Waals surface area contributed by atoms with Crippen molar-refractivity contribution in [3.05, 3.63) is 0 Å². The average molecular weight is 243 g/mol. The first-order valence-corrected chi connectivity index (χ1v) is 6.56. The molecule has 1 fully saturated rings. The zero-order chi connectivity index (χ0) is 12.7. The van der Waals surface area contributed by atoms with Gasteiger partial charge in [-0.3, -0.25) is 9.69 Å². The van der Waals surface area contributed by atoms with Crippen LogP contribution in [0.5, 0.6) is 0 Å². The Morgan fingerprint density at radius 1 is 1.41 bits per heavy atom. The summed E-state index contributed by atoms with van der Waals surface area (Å²) in [4.78, 5) is 13.7. The van der Waals surface area contributed by atoms with Gasteiger partial charge < -0.3 is 9.47 Å². The number of likely N-dealkylation sites (tertiary alicyclic amines) is 1. The maximum atomic E-state index is 11.3. The van der Waals surface area contributed by atoms with Gasteiger partial charge in [0.1, 0.15) is 0 Å². The molecule has 0 radical (unpaired) electrons. The van der Waals surface area contributed by atoms with Gasteiger partial charge in [-0.25, -0.2) is 0 Å². The highest BCUT2D eigenvalue weighted by molar-refractivity contribution is 5.69. The second-order valence-electron chi connectivity index (χ2n) is 4.89. The van der Waals surface area contributed by atoms with Gasteiger partial charge in [0.05, 0.1) is 26.2 Å². The van der Waals surface area contributed by atoms with Crippen molar-refractivity contribution in [2.75, 3.05) is 26.8 Å². The van der Waals surface area contributed by atoms with Crippen LogP contribution in [0, 0.1) is 0 Å². The van der Waals surface area contributed by atoms with E-state index in [2.05, 4.69) is 4.90 Å². The fourth-order valence-electron chi connectivity index (χ4n) is 2.27. The van der Waals surface area contributed by atoms with Crippen LogP contribution in [0.2, 0.25) is 0 Å². The summed E-state index contributed by atoms with van der Waals surface area (Å²) >= 11 is 0. The maximum Gasteiger partial charge on any atom is 0.307 e. The lowest BCUT2D eigenvalue weighted by Gasteiger charge is -2.35. The summed E-state index contributed by atoms with van der Waals surface area (Å²) in [6.07, 6.45) is 4.32. The highest BCUT2D eigenvalue weighted by Gasteiger charge is 2.24. The molecule has 1 aliphatic rings. The van der Waals surface area contributed by atoms with E-state index in [1.165, 1.54) is 20.0 Å². The summed E-state index contributed by atoms with van der Waals surface area (Å²) in [5.74, 6) is -0.105. The lowest BCUT2D eigenvalue weighted by Crippen LogP contribution is -2.42. The van der Waals surface area contributed by atoms with Gasteiger partial charge in [-0.1, -0.05) is 6.42 Å². The summed E-state index contributed by atoms with van der Waals surface area (Å²) in [7, 11) is 1.46. The fourth-order valence-corrected chi connectivity index (χ4v) is 2.27. The molecule has 0 aromatic heterocycles. The van der Waals surface area contributed by atoms with Gasteiger partial charge in [-0.05, 0) is 33.2 Å². The van der Waals surface area contributed by atoms with E-state index in [9.17, 15) is 4.79 Å². The van der Waals surface area contributed by atoms with Crippen molar-refractivity contribution in [2.45, 2.75) is 51.7 Å². The van der Waals surface area contributed by atoms with Gasteiger partial charge in [0.2, 0.25) is 0 Å². The predicted molar refractivity (Wildman–Crippen MR) is 66.9 cm³/mol. The highest BCUT2D eigenvalue weighted by atomic mass is 16.5. The van der Waals surface area contributed by atoms with Crippen LogP contribution in [0.4, 0.5) is 0 Å². The number of hydrogen-bond acceptors (Lipinski definition) is 4. The minimum Gasteiger partial charge on any atom is -0.469 e. The molecular formula is C13H25NO3. The summed E-state index contributed by atoms with van der Waals surface area (Å²) in [6.45, 7) is 6.82. The minimum absolute atomic E-state index is 0.105. The molecule has 0 bridgehead atoms. The number of carbonyl (C=O) groups is 1. The Balaban J connectivity index is 2.34. The molecule has 17 heavy (non-hydrogen) atoms. The average Bonchev–Trinajstić information content (AvgIpc) is 2.30. The van der Waals surface area contributed by atoms with Gasteiger partial charge in [-0.2, -0.15) is 0 Å². The largest absolute Gasteiger partial charge is 0.469 e. The van der Waals surface area contributed by atoms with E-state index in [0.29, 0.717) is 12.5 Å². The van der Waals surface area contributed by atoms with Crippen molar-refractivity contribution in [2.24, 2.45) is 0 Å². The Morgan fingerprint density at radius 3 is 2.82 bits per heavy atom. The van der Waals surface area contributed by atoms with Crippen molar-refractivity contribution in [1.82, 2.24) is 4.90 Å². The normalized spacial score (nSPS) is 21.8. The van der Waals surface area contributed by atoms with Crippen molar-refractivity contribution in [1.29, 1.82) is 0 Å². The molecule has 0 amide bonds. The molecule has 0 aromatic rings. The van der Waals surface area contributed by atoms with Crippen molar-refractivity contribution in [3.63, 3.8) is 0 Å². The van der Waals surface area contributed by atoms with Crippen molar-refractivity contribution >= 4 is 5.97 Å². The Labute approximate surface area is 104 Å². The standard InChI is InChI=1S/C13H25NO3/c1-11(2)17-9-8-14-7-5-4-6-12(14)10-13(15)16-3/h11-12H,4-10H2,1-3H3. The van der Waals surface area contributed by atoms with E-state index >= 15 is 0 Å². The number of rotatable bonds is 6. The fraction of sp³-hybridized carbons (Fsp3) is 0.923. The molecule has 4 heteroatoms. The number of esters is 1. The number of nitrogens with zero attached hydrogens (tertiary/aromatic N) is 1. The van der Waals surface area contributed by atoms with E-state index in [-0.39, 0.29) is 12.1 Å². The molecule has 0 spiro atoms. The molecule has 1 rings (SSSR count). The zero-order valence-corrected chi connectivity index (χ0v) is 11.3. The van der Waals surface area contributed by atoms with Gasteiger partial charge in [-0.15, -0.1) is 0 Å². The van der Waals surface area contributed by atoms with E-state index in [1.807, 2.05) is 13.8 Å². The topological polar surface area (TPSA) is 38.8 Å². The van der Waals surface area contributed by atoms with Gasteiger partial charge in [0, 0.05) is 12.6 Å². The SMILES string of the molecule is COC(=O)CC1CCCCN1CCOC(C)C. The first-order chi connectivity index (χ1) is 8.13. The molecule has 0 aliphatic carbocycles. The molecule has 1 heterocycles. The van der Waals surface area contributed by atoms with Crippen molar-refractivity contribution < 1.29 is 14.3 Å². The van der Waals surface area contributed by atoms with Crippen LogP contribution in [0.25, 0.3) is 0 Å². The molecule has 100 valence electrons. The second-order valence-corrected chi connectivity index (χ2v) is 4.89. The smallest absolute Gasteiger partial charge is 0.307 e. The minimum atomic E-state index is -0.105. The third-order valence-electron chi connectivity index (χ3n) is 3.21. The molecule has 0 saturated carbocycles. The summed E-state index contributed by atoms with van der Waals surface area (Å²) in [5.41, 5.74) is 0. The summed E-state index contributed by atoms with van der Waals surface area (Å²) < 4.78 is 10.3. The molecular weight excluding hydrogens is 218 g/mol. The van der Waals surface area contributed by atoms with Crippen LogP contribution in [-0.4, -0.2) is 49.8 Å². The molecule has 1 atom stereocenters. The van der Waals surface area contributed by atoms with Crippen LogP contribution in [0.3, 0.4) is 0 Å². The van der Waals surface area contributed by atoms with Gasteiger partial charge >= 0.3 is 5.97 Å². The van der Waals surface area contributed by atoms with Crippen LogP contribution < -0.4 is 0 Å². The van der Waals surface area contributed by atoms with Crippen LogP contribution in [-0.2, 0) is 14.3 Å². The second kappa shape index (κ2) is 7.67. The molecule has 1 aliphatic heterocycles. The first-order valence-electron chi connectivity index (χ1n) is 6.56. The lowest BCUT2D eigenvalue weighted by atomic mass is 9.99. The van der Waals surface area contributed by atoms with E-state index in [0.717, 1.165) is 26.1 Å². The van der Waals surface area contributed by atoms with Crippen LogP contribution in [0.1, 0.15) is 39.5 Å². The lowest BCUT2D eigenvalue weighted by molar-refractivity contribution is -0.142. The number of hydrogen-bond donors (Lipinski definition) is 0. The maximum absolute atomic E-state index is 11.3. The third-order valence-corrected chi connectivity index (χ3v) is 3.21. The number of carbonyl (C=O) groups excluding carboxylic acids is 1. The molecule has 0 aromatic carbocycles. The monoisotopic (exact) mass is 243 g/mol. The molecule has 1 saturated heterocycles. The van der Waals surface area contributed by atoms with Gasteiger partial charge in [0.15, 0.2) is 0 Å². The number of methoxy groups -OCH3 is 1. The summed E-state index contributed by atoms with van der Waals surface area (Å²) in [6, 6.07) is 0.340. The van der Waals surface area contributed by atoms with Crippen LogP contribution in [0.15, 0.2) is 0 Å². The quantitative estimate of drug-likeness (QED) is 0.667. The zero-order valence-electron chi connectivity index (χ0n) is 11.3.